The van der Waals surface area contributed by atoms with Gasteiger partial charge in [0.05, 0.1) is 22.9 Å². The number of hydrazine groups is 1. The molecule has 2 aliphatic heterocycles. The summed E-state index contributed by atoms with van der Waals surface area (Å²) in [6.45, 7) is 4.65. The molecule has 2 unspecified atom stereocenters. The molecule has 0 saturated heterocycles. The summed E-state index contributed by atoms with van der Waals surface area (Å²) >= 11 is 0. The number of pyridine rings is 1. The Kier molecular flexibility index (Phi) is 8.87. The second-order valence-electron chi connectivity index (χ2n) is 8.65. The number of ether oxygens (including phenoxy) is 2. The lowest BCUT2D eigenvalue weighted by Crippen LogP contribution is -2.51. The van der Waals surface area contributed by atoms with E-state index in [1.807, 2.05) is 0 Å². The van der Waals surface area contributed by atoms with Gasteiger partial charge in [0.1, 0.15) is 0 Å². The topological polar surface area (TPSA) is 91.7 Å². The standard InChI is InChI=1S/C24H22F6N6O3.ClH/c1-13(2)38-22(37)39-14(3)35-12-15(20-18(24(28,29)30)5-4-10-31-20)11-19-33-34-21(36(19)35)32-17-8-6-16(7-9-17)23(25,26)27;/h4-14,21,32H,1-3H3;1H. The molecular weight excluding hydrogens is 570 g/mol. The number of hydrogen-bond donors (Lipinski definition) is 1. The fraction of sp³-hybridized carbons (Fsp3) is 0.333. The van der Waals surface area contributed by atoms with Crippen LogP contribution >= 0.6 is 12.4 Å². The summed E-state index contributed by atoms with van der Waals surface area (Å²) in [5.41, 5.74) is -2.00. The van der Waals surface area contributed by atoms with Crippen molar-refractivity contribution in [1.82, 2.24) is 15.0 Å². The second kappa shape index (κ2) is 11.6. The Labute approximate surface area is 230 Å². The zero-order valence-electron chi connectivity index (χ0n) is 21.1. The first-order valence-corrected chi connectivity index (χ1v) is 11.5. The highest BCUT2D eigenvalue weighted by atomic mass is 35.5. The molecule has 4 rings (SSSR count). The number of azo groups is 1. The van der Waals surface area contributed by atoms with Crippen LogP contribution in [-0.4, -0.2) is 39.8 Å². The van der Waals surface area contributed by atoms with Crippen LogP contribution in [0.1, 0.15) is 37.6 Å². The van der Waals surface area contributed by atoms with Crippen LogP contribution in [0.4, 0.5) is 36.8 Å². The van der Waals surface area contributed by atoms with Crippen molar-refractivity contribution in [2.45, 2.75) is 51.7 Å². The fourth-order valence-corrected chi connectivity index (χ4v) is 3.74. The average molecular weight is 593 g/mol. The number of nitrogens with zero attached hydrogens (tertiary/aromatic N) is 5. The molecule has 0 fully saturated rings. The molecule has 2 aromatic rings. The number of benzene rings is 1. The molecule has 0 aliphatic carbocycles. The highest BCUT2D eigenvalue weighted by molar-refractivity contribution is 5.85. The molecule has 1 aromatic heterocycles. The SMILES string of the molecule is CC(C)OC(=O)OC(C)N1C=C(c2ncccc2C(F)(F)F)C=C2N=NC(Nc3ccc(C(F)(F)F)cc3)N21.Cl. The summed E-state index contributed by atoms with van der Waals surface area (Å²) in [6, 6.07) is 6.18. The van der Waals surface area contributed by atoms with E-state index in [1.165, 1.54) is 47.5 Å². The number of anilines is 1. The van der Waals surface area contributed by atoms with E-state index in [0.717, 1.165) is 24.3 Å². The van der Waals surface area contributed by atoms with E-state index in [2.05, 4.69) is 20.5 Å². The molecule has 216 valence electrons. The Balaban J connectivity index is 0.00000441. The van der Waals surface area contributed by atoms with Crippen LogP contribution in [-0.2, 0) is 21.8 Å². The zero-order valence-corrected chi connectivity index (χ0v) is 21.9. The molecule has 16 heteroatoms. The molecular formula is C24H23ClF6N6O3. The minimum atomic E-state index is -4.71. The van der Waals surface area contributed by atoms with Crippen molar-refractivity contribution in [3.05, 3.63) is 77.5 Å². The minimum Gasteiger partial charge on any atom is -0.432 e. The number of fused-ring (bicyclic) bond motifs is 1. The maximum Gasteiger partial charge on any atom is 0.510 e. The number of carbonyl (C=O) groups is 1. The van der Waals surface area contributed by atoms with Gasteiger partial charge in [0.15, 0.2) is 12.0 Å². The lowest BCUT2D eigenvalue weighted by molar-refractivity contribution is -0.138. The van der Waals surface area contributed by atoms with Gasteiger partial charge in [-0.15, -0.1) is 22.6 Å². The van der Waals surface area contributed by atoms with Gasteiger partial charge in [0.25, 0.3) is 0 Å². The van der Waals surface area contributed by atoms with E-state index in [0.29, 0.717) is 0 Å². The Bertz CT molecular complexity index is 1310. The predicted octanol–water partition coefficient (Wildman–Crippen LogP) is 7.03. The van der Waals surface area contributed by atoms with Crippen LogP contribution in [0.3, 0.4) is 0 Å². The Morgan fingerprint density at radius 2 is 1.68 bits per heavy atom. The van der Waals surface area contributed by atoms with Crippen molar-refractivity contribution in [2.75, 3.05) is 5.32 Å². The third-order valence-electron chi connectivity index (χ3n) is 5.41. The lowest BCUT2D eigenvalue weighted by atomic mass is 10.1. The van der Waals surface area contributed by atoms with Crippen molar-refractivity contribution in [1.29, 1.82) is 0 Å². The Morgan fingerprint density at radius 1 is 1.00 bits per heavy atom. The average Bonchev–Trinajstić information content (AvgIpc) is 3.24. The smallest absolute Gasteiger partial charge is 0.432 e. The van der Waals surface area contributed by atoms with Crippen LogP contribution in [0.2, 0.25) is 0 Å². The molecule has 1 aromatic carbocycles. The van der Waals surface area contributed by atoms with E-state index in [4.69, 9.17) is 9.47 Å². The molecule has 0 bridgehead atoms. The Morgan fingerprint density at radius 3 is 2.27 bits per heavy atom. The van der Waals surface area contributed by atoms with Gasteiger partial charge in [0, 0.05) is 23.7 Å². The van der Waals surface area contributed by atoms with Gasteiger partial charge in [-0.05, 0) is 63.2 Å². The third-order valence-corrected chi connectivity index (χ3v) is 5.41. The van der Waals surface area contributed by atoms with Crippen LogP contribution in [0.5, 0.6) is 0 Å². The maximum atomic E-state index is 13.7. The number of aromatic nitrogens is 1. The van der Waals surface area contributed by atoms with E-state index in [1.54, 1.807) is 13.8 Å². The second-order valence-corrected chi connectivity index (χ2v) is 8.65. The van der Waals surface area contributed by atoms with E-state index < -0.39 is 54.0 Å². The van der Waals surface area contributed by atoms with Crippen molar-refractivity contribution < 1.29 is 40.6 Å². The summed E-state index contributed by atoms with van der Waals surface area (Å²) in [5.74, 6) is 0.0587. The molecule has 2 aliphatic rings. The van der Waals surface area contributed by atoms with Crippen LogP contribution in [0.15, 0.2) is 70.9 Å². The van der Waals surface area contributed by atoms with E-state index in [9.17, 15) is 31.1 Å². The summed E-state index contributed by atoms with van der Waals surface area (Å²) in [7, 11) is 0. The molecule has 9 nitrogen and oxygen atoms in total. The fourth-order valence-electron chi connectivity index (χ4n) is 3.74. The Hall–Kier alpha value is -4.01. The molecule has 0 saturated carbocycles. The molecule has 3 heterocycles. The van der Waals surface area contributed by atoms with Crippen LogP contribution in [0, 0.1) is 0 Å². The third kappa shape index (κ3) is 6.76. The van der Waals surface area contributed by atoms with Crippen molar-refractivity contribution in [2.24, 2.45) is 10.2 Å². The highest BCUT2D eigenvalue weighted by Crippen LogP contribution is 2.39. The van der Waals surface area contributed by atoms with E-state index in [-0.39, 0.29) is 29.5 Å². The van der Waals surface area contributed by atoms with E-state index >= 15 is 0 Å². The van der Waals surface area contributed by atoms with Gasteiger partial charge < -0.3 is 14.8 Å². The summed E-state index contributed by atoms with van der Waals surface area (Å²) in [6.07, 6.45) is -9.18. The number of allylic oxidation sites excluding steroid dienone is 2. The van der Waals surface area contributed by atoms with Crippen molar-refractivity contribution >= 4 is 29.8 Å². The van der Waals surface area contributed by atoms with Gasteiger partial charge in [-0.25, -0.2) is 14.8 Å². The summed E-state index contributed by atoms with van der Waals surface area (Å²) in [5, 5.41) is 13.6. The molecule has 2 atom stereocenters. The molecule has 1 N–H and O–H groups in total. The lowest BCUT2D eigenvalue weighted by Gasteiger charge is -2.40. The van der Waals surface area contributed by atoms with Crippen molar-refractivity contribution in [3.63, 3.8) is 0 Å². The van der Waals surface area contributed by atoms with Gasteiger partial charge in [-0.1, -0.05) is 0 Å². The molecule has 40 heavy (non-hydrogen) atoms. The number of hydrogen-bond acceptors (Lipinski definition) is 9. The number of halogens is 7. The van der Waals surface area contributed by atoms with Gasteiger partial charge in [-0.2, -0.15) is 26.3 Å². The van der Waals surface area contributed by atoms with Crippen LogP contribution in [0.25, 0.3) is 5.57 Å². The van der Waals surface area contributed by atoms with Gasteiger partial charge in [-0.3, -0.25) is 4.98 Å². The number of rotatable bonds is 6. The highest BCUT2D eigenvalue weighted by Gasteiger charge is 2.40. The summed E-state index contributed by atoms with van der Waals surface area (Å²) < 4.78 is 90.3. The number of carbonyl (C=O) groups excluding carboxylic acids is 1. The largest absolute Gasteiger partial charge is 0.510 e. The van der Waals surface area contributed by atoms with Gasteiger partial charge >= 0.3 is 18.5 Å². The quantitative estimate of drug-likeness (QED) is 0.284. The first-order valence-electron chi connectivity index (χ1n) is 11.5. The van der Waals surface area contributed by atoms with Gasteiger partial charge in [0.2, 0.25) is 6.29 Å². The molecule has 0 spiro atoms. The predicted molar refractivity (Wildman–Crippen MR) is 132 cm³/mol. The monoisotopic (exact) mass is 592 g/mol. The van der Waals surface area contributed by atoms with Crippen molar-refractivity contribution in [3.8, 4) is 0 Å². The normalized spacial score (nSPS) is 17.5. The molecule has 0 amide bonds. The zero-order chi connectivity index (χ0) is 28.5. The number of nitrogens with one attached hydrogen (secondary N) is 1. The molecule has 0 radical (unpaired) electrons. The first-order chi connectivity index (χ1) is 18.2. The minimum absolute atomic E-state index is 0. The number of alkyl halides is 6. The maximum absolute atomic E-state index is 13.7. The van der Waals surface area contributed by atoms with Crippen LogP contribution < -0.4 is 5.32 Å². The first kappa shape index (κ1) is 30.5. The summed E-state index contributed by atoms with van der Waals surface area (Å²) in [4.78, 5) is 16.1.